The monoisotopic (exact) mass is 361 g/mol. The van der Waals surface area contributed by atoms with Crippen molar-refractivity contribution >= 4 is 16.1 Å². The molecule has 138 valence electrons. The summed E-state index contributed by atoms with van der Waals surface area (Å²) in [7, 11) is -4.20. The zero-order chi connectivity index (χ0) is 17.4. The quantitative estimate of drug-likeness (QED) is 0.395. The van der Waals surface area contributed by atoms with Crippen LogP contribution >= 0.6 is 0 Å². The molecule has 2 rings (SSSR count). The summed E-state index contributed by atoms with van der Waals surface area (Å²) in [6.45, 7) is 2.75. The zero-order valence-electron chi connectivity index (χ0n) is 13.9. The van der Waals surface area contributed by atoms with Gasteiger partial charge in [-0.2, -0.15) is 8.42 Å². The number of allylic oxidation sites excluding steroid dienone is 2. The summed E-state index contributed by atoms with van der Waals surface area (Å²) in [5.41, 5.74) is 0. The van der Waals surface area contributed by atoms with E-state index in [0.29, 0.717) is 38.6 Å². The molecule has 24 heavy (non-hydrogen) atoms. The number of carbonyl (C=O) groups is 1. The second-order valence-electron chi connectivity index (χ2n) is 6.43. The fourth-order valence-corrected chi connectivity index (χ4v) is 3.75. The number of rotatable bonds is 8. The van der Waals surface area contributed by atoms with Gasteiger partial charge in [0, 0.05) is 26.1 Å². The number of ether oxygens (including phenoxy) is 2. The van der Waals surface area contributed by atoms with Crippen molar-refractivity contribution < 1.29 is 27.2 Å². The molecule has 7 nitrogen and oxygen atoms in total. The third-order valence-electron chi connectivity index (χ3n) is 4.33. The fraction of sp³-hybridized carbons (Fsp3) is 0.812. The maximum atomic E-state index is 12.1. The van der Waals surface area contributed by atoms with Crippen LogP contribution in [-0.2, 0) is 24.4 Å². The highest BCUT2D eigenvalue weighted by Gasteiger charge is 2.25. The predicted octanol–water partition coefficient (Wildman–Crippen LogP) is 1.25. The van der Waals surface area contributed by atoms with Crippen LogP contribution in [0.5, 0.6) is 0 Å². The first-order valence-corrected chi connectivity index (χ1v) is 10.1. The van der Waals surface area contributed by atoms with Gasteiger partial charge in [-0.05, 0) is 31.6 Å². The van der Waals surface area contributed by atoms with E-state index < -0.39 is 27.9 Å². The average molecular weight is 361 g/mol. The summed E-state index contributed by atoms with van der Waals surface area (Å²) in [4.78, 5) is 14.0. The van der Waals surface area contributed by atoms with Gasteiger partial charge in [-0.1, -0.05) is 12.2 Å². The van der Waals surface area contributed by atoms with E-state index in [1.165, 1.54) is 0 Å². The van der Waals surface area contributed by atoms with Crippen molar-refractivity contribution in [2.45, 2.75) is 38.2 Å². The van der Waals surface area contributed by atoms with Gasteiger partial charge >= 0.3 is 5.97 Å². The largest absolute Gasteiger partial charge is 0.460 e. The van der Waals surface area contributed by atoms with Crippen molar-refractivity contribution in [3.05, 3.63) is 12.2 Å². The van der Waals surface area contributed by atoms with Gasteiger partial charge in [0.25, 0.3) is 10.1 Å². The first kappa shape index (κ1) is 19.4. The molecule has 1 aliphatic heterocycles. The van der Waals surface area contributed by atoms with Crippen LogP contribution < -0.4 is 0 Å². The Kier molecular flexibility index (Phi) is 7.67. The topological polar surface area (TPSA) is 93.1 Å². The Morgan fingerprint density at radius 3 is 2.75 bits per heavy atom. The van der Waals surface area contributed by atoms with Crippen molar-refractivity contribution in [1.29, 1.82) is 0 Å². The van der Waals surface area contributed by atoms with Crippen LogP contribution in [0.2, 0.25) is 0 Å². The van der Waals surface area contributed by atoms with Gasteiger partial charge in [-0.25, -0.2) is 0 Å². The lowest BCUT2D eigenvalue weighted by Crippen LogP contribution is -2.44. The Bertz CT molecular complexity index is 527. The Balaban J connectivity index is 1.82. The van der Waals surface area contributed by atoms with Gasteiger partial charge < -0.3 is 9.47 Å². The van der Waals surface area contributed by atoms with Crippen LogP contribution in [0.15, 0.2) is 12.2 Å². The summed E-state index contributed by atoms with van der Waals surface area (Å²) in [5.74, 6) is -0.583. The van der Waals surface area contributed by atoms with Crippen molar-refractivity contribution in [2.24, 2.45) is 5.92 Å². The molecule has 2 atom stereocenters. The first-order chi connectivity index (χ1) is 11.4. The minimum Gasteiger partial charge on any atom is -0.460 e. The summed E-state index contributed by atoms with van der Waals surface area (Å²) >= 11 is 0. The van der Waals surface area contributed by atoms with Gasteiger partial charge in [0.05, 0.1) is 13.2 Å². The predicted molar refractivity (Wildman–Crippen MR) is 89.3 cm³/mol. The van der Waals surface area contributed by atoms with Gasteiger partial charge in [-0.3, -0.25) is 14.2 Å². The van der Waals surface area contributed by atoms with Crippen LogP contribution in [-0.4, -0.2) is 68.5 Å². The van der Waals surface area contributed by atoms with Crippen molar-refractivity contribution in [1.82, 2.24) is 4.90 Å². The van der Waals surface area contributed by atoms with Gasteiger partial charge in [-0.15, -0.1) is 0 Å². The van der Waals surface area contributed by atoms with E-state index in [-0.39, 0.29) is 13.0 Å². The standard InChI is InChI=1S/C16H27NO6S/c18-16(7-6-14-4-2-1-3-5-14)23-15(13-24(19,20)21)12-17-8-10-22-11-9-17/h2,4,14-15H,1,3,5-13H2,(H,19,20,21). The molecule has 1 aliphatic carbocycles. The number of hydrogen-bond donors (Lipinski definition) is 1. The highest BCUT2D eigenvalue weighted by molar-refractivity contribution is 7.85. The number of esters is 1. The molecule has 0 bridgehead atoms. The lowest BCUT2D eigenvalue weighted by atomic mass is 9.92. The molecule has 0 aromatic heterocycles. The van der Waals surface area contributed by atoms with Gasteiger partial charge in [0.2, 0.25) is 0 Å². The molecule has 2 aliphatic rings. The van der Waals surface area contributed by atoms with Gasteiger partial charge in [0.15, 0.2) is 0 Å². The van der Waals surface area contributed by atoms with E-state index in [1.807, 2.05) is 4.90 Å². The van der Waals surface area contributed by atoms with E-state index in [9.17, 15) is 13.2 Å². The lowest BCUT2D eigenvalue weighted by molar-refractivity contribution is -0.149. The maximum Gasteiger partial charge on any atom is 0.306 e. The summed E-state index contributed by atoms with van der Waals surface area (Å²) in [6.07, 6.45) is 7.71. The van der Waals surface area contributed by atoms with E-state index in [2.05, 4.69) is 12.2 Å². The SMILES string of the molecule is O=C(CCC1C=CCCC1)OC(CN1CCOCC1)CS(=O)(=O)O. The molecule has 0 aromatic rings. The molecule has 1 fully saturated rings. The minimum absolute atomic E-state index is 0.264. The fourth-order valence-electron chi connectivity index (χ4n) is 3.10. The smallest absolute Gasteiger partial charge is 0.306 e. The molecule has 2 unspecified atom stereocenters. The van der Waals surface area contributed by atoms with Gasteiger partial charge in [0.1, 0.15) is 11.9 Å². The first-order valence-electron chi connectivity index (χ1n) is 8.54. The van der Waals surface area contributed by atoms with Crippen LogP contribution in [0, 0.1) is 5.92 Å². The molecule has 8 heteroatoms. The lowest BCUT2D eigenvalue weighted by Gasteiger charge is -2.29. The van der Waals surface area contributed by atoms with Crippen LogP contribution in [0.1, 0.15) is 32.1 Å². The minimum atomic E-state index is -4.20. The average Bonchev–Trinajstić information content (AvgIpc) is 2.53. The molecule has 0 amide bonds. The van der Waals surface area contributed by atoms with Crippen LogP contribution in [0.4, 0.5) is 0 Å². The molecule has 1 saturated heterocycles. The molecular weight excluding hydrogens is 334 g/mol. The third kappa shape index (κ3) is 7.74. The molecule has 1 heterocycles. The Hall–Kier alpha value is -0.960. The van der Waals surface area contributed by atoms with Crippen molar-refractivity contribution in [2.75, 3.05) is 38.6 Å². The third-order valence-corrected chi connectivity index (χ3v) is 5.13. The normalized spacial score (nSPS) is 23.8. The van der Waals surface area contributed by atoms with Crippen molar-refractivity contribution in [3.63, 3.8) is 0 Å². The molecule has 0 spiro atoms. The highest BCUT2D eigenvalue weighted by atomic mass is 32.2. The van der Waals surface area contributed by atoms with Crippen molar-refractivity contribution in [3.8, 4) is 0 Å². The number of carbonyl (C=O) groups excluding carboxylic acids is 1. The summed E-state index contributed by atoms with van der Waals surface area (Å²) in [6, 6.07) is 0. The Labute approximate surface area is 143 Å². The Morgan fingerprint density at radius 2 is 2.12 bits per heavy atom. The summed E-state index contributed by atoms with van der Waals surface area (Å²) < 4.78 is 42.0. The Morgan fingerprint density at radius 1 is 1.38 bits per heavy atom. The zero-order valence-corrected chi connectivity index (χ0v) is 14.7. The highest BCUT2D eigenvalue weighted by Crippen LogP contribution is 2.21. The molecular formula is C16H27NO6S. The second-order valence-corrected chi connectivity index (χ2v) is 7.93. The molecule has 0 aromatic carbocycles. The number of hydrogen-bond acceptors (Lipinski definition) is 6. The second kappa shape index (κ2) is 9.50. The van der Waals surface area contributed by atoms with Crippen LogP contribution in [0.25, 0.3) is 0 Å². The molecule has 0 saturated carbocycles. The number of morpholine rings is 1. The van der Waals surface area contributed by atoms with E-state index in [4.69, 9.17) is 14.0 Å². The van der Waals surface area contributed by atoms with E-state index in [0.717, 1.165) is 19.3 Å². The van der Waals surface area contributed by atoms with E-state index >= 15 is 0 Å². The van der Waals surface area contributed by atoms with Crippen LogP contribution in [0.3, 0.4) is 0 Å². The molecule has 1 N–H and O–H groups in total. The maximum absolute atomic E-state index is 12.1. The molecule has 0 radical (unpaired) electrons. The number of nitrogens with zero attached hydrogens (tertiary/aromatic N) is 1. The summed E-state index contributed by atoms with van der Waals surface area (Å²) in [5, 5.41) is 0. The van der Waals surface area contributed by atoms with E-state index in [1.54, 1.807) is 0 Å².